The van der Waals surface area contributed by atoms with Crippen LogP contribution in [0.3, 0.4) is 0 Å². The second-order valence-electron chi connectivity index (χ2n) is 5.67. The van der Waals surface area contributed by atoms with Crippen molar-refractivity contribution >= 4 is 27.2 Å². The molecule has 7 heteroatoms. The molecule has 0 bridgehead atoms. The van der Waals surface area contributed by atoms with Gasteiger partial charge in [0.05, 0.1) is 11.5 Å². The van der Waals surface area contributed by atoms with Crippen LogP contribution in [0.15, 0.2) is 36.7 Å². The number of nitrogens with zero attached hydrogens (tertiary/aromatic N) is 2. The Kier molecular flexibility index (Phi) is 4.47. The highest BCUT2D eigenvalue weighted by molar-refractivity contribution is 7.91. The van der Waals surface area contributed by atoms with Gasteiger partial charge in [0.25, 0.3) is 0 Å². The van der Waals surface area contributed by atoms with Gasteiger partial charge in [0.2, 0.25) is 0 Å². The topological polar surface area (TPSA) is 84.0 Å². The Morgan fingerprint density at radius 2 is 2.00 bits per heavy atom. The maximum Gasteiger partial charge on any atom is 0.152 e. The Balaban J connectivity index is 1.73. The van der Waals surface area contributed by atoms with Gasteiger partial charge < -0.3 is 10.6 Å². The number of aromatic nitrogens is 2. The van der Waals surface area contributed by atoms with E-state index in [0.717, 1.165) is 12.1 Å². The summed E-state index contributed by atoms with van der Waals surface area (Å²) in [5, 5.41) is 6.48. The number of anilines is 3. The van der Waals surface area contributed by atoms with E-state index in [2.05, 4.69) is 33.6 Å². The van der Waals surface area contributed by atoms with Crippen LogP contribution in [0, 0.1) is 0 Å². The molecule has 1 aliphatic rings. The molecule has 2 aromatic rings. The van der Waals surface area contributed by atoms with Crippen LogP contribution in [0.4, 0.5) is 17.3 Å². The SMILES string of the molecule is CCc1ccccc1Nc1cc(NC2CCS(=O)(=O)C2)ncn1. The maximum atomic E-state index is 11.5. The number of benzene rings is 1. The number of nitrogens with one attached hydrogen (secondary N) is 2. The molecule has 0 saturated carbocycles. The molecule has 2 heterocycles. The van der Waals surface area contributed by atoms with Crippen LogP contribution in [0.5, 0.6) is 0 Å². The molecule has 23 heavy (non-hydrogen) atoms. The zero-order valence-corrected chi connectivity index (χ0v) is 13.8. The predicted molar refractivity (Wildman–Crippen MR) is 91.8 cm³/mol. The van der Waals surface area contributed by atoms with E-state index in [4.69, 9.17) is 0 Å². The second-order valence-corrected chi connectivity index (χ2v) is 7.90. The van der Waals surface area contributed by atoms with Gasteiger partial charge in [-0.1, -0.05) is 25.1 Å². The van der Waals surface area contributed by atoms with E-state index in [1.807, 2.05) is 18.2 Å². The molecular formula is C16H20N4O2S. The molecule has 1 saturated heterocycles. The zero-order chi connectivity index (χ0) is 16.3. The Morgan fingerprint density at radius 3 is 2.74 bits per heavy atom. The van der Waals surface area contributed by atoms with Crippen molar-refractivity contribution in [3.63, 3.8) is 0 Å². The monoisotopic (exact) mass is 332 g/mol. The fourth-order valence-corrected chi connectivity index (χ4v) is 4.38. The quantitative estimate of drug-likeness (QED) is 0.874. The minimum Gasteiger partial charge on any atom is -0.366 e. The molecule has 122 valence electrons. The first-order valence-electron chi connectivity index (χ1n) is 7.69. The first-order chi connectivity index (χ1) is 11.1. The molecule has 1 aromatic heterocycles. The van der Waals surface area contributed by atoms with Crippen LogP contribution in [-0.4, -0.2) is 35.9 Å². The highest BCUT2D eigenvalue weighted by atomic mass is 32.2. The number of hydrogen-bond donors (Lipinski definition) is 2. The van der Waals surface area contributed by atoms with E-state index in [1.54, 1.807) is 6.07 Å². The van der Waals surface area contributed by atoms with Gasteiger partial charge in [-0.3, -0.25) is 0 Å². The van der Waals surface area contributed by atoms with Crippen LogP contribution < -0.4 is 10.6 Å². The zero-order valence-electron chi connectivity index (χ0n) is 13.0. The number of hydrogen-bond acceptors (Lipinski definition) is 6. The summed E-state index contributed by atoms with van der Waals surface area (Å²) < 4.78 is 23.0. The van der Waals surface area contributed by atoms with Crippen LogP contribution in [0.1, 0.15) is 18.9 Å². The second kappa shape index (κ2) is 6.54. The molecule has 0 radical (unpaired) electrons. The lowest BCUT2D eigenvalue weighted by molar-refractivity contribution is 0.602. The molecule has 0 spiro atoms. The van der Waals surface area contributed by atoms with Gasteiger partial charge >= 0.3 is 0 Å². The van der Waals surface area contributed by atoms with Crippen molar-refractivity contribution < 1.29 is 8.42 Å². The molecule has 1 unspecified atom stereocenters. The van der Waals surface area contributed by atoms with Gasteiger partial charge in [-0.05, 0) is 24.5 Å². The lowest BCUT2D eigenvalue weighted by atomic mass is 10.1. The van der Waals surface area contributed by atoms with Gasteiger partial charge in [0.15, 0.2) is 9.84 Å². The Bertz CT molecular complexity index is 792. The summed E-state index contributed by atoms with van der Waals surface area (Å²) in [4.78, 5) is 8.41. The van der Waals surface area contributed by atoms with Crippen LogP contribution in [0.25, 0.3) is 0 Å². The summed E-state index contributed by atoms with van der Waals surface area (Å²) in [6, 6.07) is 9.80. The van der Waals surface area contributed by atoms with Gasteiger partial charge in [-0.2, -0.15) is 0 Å². The van der Waals surface area contributed by atoms with Crippen molar-refractivity contribution in [3.05, 3.63) is 42.2 Å². The molecule has 0 aliphatic carbocycles. The smallest absolute Gasteiger partial charge is 0.152 e. The van der Waals surface area contributed by atoms with Crippen molar-refractivity contribution in [2.75, 3.05) is 22.1 Å². The van der Waals surface area contributed by atoms with Crippen molar-refractivity contribution in [3.8, 4) is 0 Å². The maximum absolute atomic E-state index is 11.5. The summed E-state index contributed by atoms with van der Waals surface area (Å²) in [5.41, 5.74) is 2.23. The van der Waals surface area contributed by atoms with Crippen molar-refractivity contribution in [1.82, 2.24) is 9.97 Å². The molecule has 6 nitrogen and oxygen atoms in total. The van der Waals surface area contributed by atoms with Crippen molar-refractivity contribution in [2.45, 2.75) is 25.8 Å². The van der Waals surface area contributed by atoms with E-state index in [0.29, 0.717) is 18.1 Å². The van der Waals surface area contributed by atoms with Crippen molar-refractivity contribution in [1.29, 1.82) is 0 Å². The van der Waals surface area contributed by atoms with E-state index >= 15 is 0 Å². The lowest BCUT2D eigenvalue weighted by Gasteiger charge is -2.13. The van der Waals surface area contributed by atoms with E-state index in [-0.39, 0.29) is 17.5 Å². The van der Waals surface area contributed by atoms with Crippen LogP contribution in [-0.2, 0) is 16.3 Å². The standard InChI is InChI=1S/C16H20N4O2S/c1-2-12-5-3-4-6-14(12)20-16-9-15(17-11-18-16)19-13-7-8-23(21,22)10-13/h3-6,9,11,13H,2,7-8,10H2,1H3,(H2,17,18,19,20). The third-order valence-electron chi connectivity index (χ3n) is 3.91. The van der Waals surface area contributed by atoms with Crippen LogP contribution in [0.2, 0.25) is 0 Å². The van der Waals surface area contributed by atoms with Crippen molar-refractivity contribution in [2.24, 2.45) is 0 Å². The first kappa shape index (κ1) is 15.7. The number of sulfone groups is 1. The Hall–Kier alpha value is -2.15. The number of rotatable bonds is 5. The highest BCUT2D eigenvalue weighted by Gasteiger charge is 2.27. The molecule has 1 atom stereocenters. The Morgan fingerprint density at radius 1 is 1.22 bits per heavy atom. The average molecular weight is 332 g/mol. The van der Waals surface area contributed by atoms with E-state index in [1.165, 1.54) is 11.9 Å². The van der Waals surface area contributed by atoms with Gasteiger partial charge in [-0.15, -0.1) is 0 Å². The Labute approximate surface area is 136 Å². The summed E-state index contributed by atoms with van der Waals surface area (Å²) in [6.45, 7) is 2.11. The minimum atomic E-state index is -2.90. The molecule has 3 rings (SSSR count). The lowest BCUT2D eigenvalue weighted by Crippen LogP contribution is -2.21. The highest BCUT2D eigenvalue weighted by Crippen LogP contribution is 2.22. The normalized spacial score (nSPS) is 19.4. The van der Waals surface area contributed by atoms with E-state index in [9.17, 15) is 8.42 Å². The summed E-state index contributed by atoms with van der Waals surface area (Å²) in [6.07, 6.45) is 3.02. The molecular weight excluding hydrogens is 312 g/mol. The third kappa shape index (κ3) is 3.98. The van der Waals surface area contributed by atoms with Gasteiger partial charge in [-0.25, -0.2) is 18.4 Å². The largest absolute Gasteiger partial charge is 0.366 e. The fourth-order valence-electron chi connectivity index (χ4n) is 2.71. The van der Waals surface area contributed by atoms with Gasteiger partial charge in [0.1, 0.15) is 18.0 Å². The number of para-hydroxylation sites is 1. The number of aryl methyl sites for hydroxylation is 1. The van der Waals surface area contributed by atoms with Crippen LogP contribution >= 0.6 is 0 Å². The fraction of sp³-hybridized carbons (Fsp3) is 0.375. The predicted octanol–water partition coefficient (Wildman–Crippen LogP) is 2.38. The molecule has 1 aromatic carbocycles. The average Bonchev–Trinajstić information content (AvgIpc) is 2.87. The van der Waals surface area contributed by atoms with E-state index < -0.39 is 9.84 Å². The first-order valence-corrected chi connectivity index (χ1v) is 9.52. The summed E-state index contributed by atoms with van der Waals surface area (Å²) in [7, 11) is -2.90. The molecule has 2 N–H and O–H groups in total. The molecule has 1 fully saturated rings. The molecule has 1 aliphatic heterocycles. The summed E-state index contributed by atoms with van der Waals surface area (Å²) in [5.74, 6) is 1.73. The van der Waals surface area contributed by atoms with Gasteiger partial charge in [0, 0.05) is 17.8 Å². The molecule has 0 amide bonds. The third-order valence-corrected chi connectivity index (χ3v) is 5.68. The minimum absolute atomic E-state index is 0.0781. The summed E-state index contributed by atoms with van der Waals surface area (Å²) >= 11 is 0.